The Bertz CT molecular complexity index is 605. The van der Waals surface area contributed by atoms with Crippen molar-refractivity contribution in [3.63, 3.8) is 0 Å². The maximum Gasteiger partial charge on any atom is 0.139 e. The van der Waals surface area contributed by atoms with Crippen LogP contribution < -0.4 is 5.32 Å². The van der Waals surface area contributed by atoms with E-state index in [0.29, 0.717) is 10.5 Å². The average molecular weight is 324 g/mol. The molecular formula is C14H15BrFN3. The summed E-state index contributed by atoms with van der Waals surface area (Å²) in [4.78, 5) is 0. The molecule has 3 nitrogen and oxygen atoms in total. The van der Waals surface area contributed by atoms with Crippen molar-refractivity contribution >= 4 is 15.9 Å². The molecule has 0 spiro atoms. The Morgan fingerprint density at radius 1 is 1.47 bits per heavy atom. The van der Waals surface area contributed by atoms with Crippen molar-refractivity contribution in [3.05, 3.63) is 45.9 Å². The van der Waals surface area contributed by atoms with E-state index in [0.717, 1.165) is 23.5 Å². The van der Waals surface area contributed by atoms with Crippen LogP contribution in [0, 0.1) is 12.7 Å². The number of nitrogens with zero attached hydrogens (tertiary/aromatic N) is 2. The third-order valence-corrected chi connectivity index (χ3v) is 3.89. The lowest BCUT2D eigenvalue weighted by molar-refractivity contribution is 0.617. The first-order valence-corrected chi connectivity index (χ1v) is 7.17. The van der Waals surface area contributed by atoms with E-state index in [4.69, 9.17) is 0 Å². The molecule has 100 valence electrons. The van der Waals surface area contributed by atoms with Gasteiger partial charge in [-0.3, -0.25) is 0 Å². The normalized spacial score (nSPS) is 14.9. The monoisotopic (exact) mass is 323 g/mol. The Labute approximate surface area is 119 Å². The van der Waals surface area contributed by atoms with E-state index in [1.165, 1.54) is 18.9 Å². The molecule has 1 saturated carbocycles. The number of rotatable bonds is 4. The van der Waals surface area contributed by atoms with Gasteiger partial charge in [-0.1, -0.05) is 0 Å². The van der Waals surface area contributed by atoms with Gasteiger partial charge in [0.25, 0.3) is 0 Å². The van der Waals surface area contributed by atoms with Crippen LogP contribution in [0.5, 0.6) is 0 Å². The van der Waals surface area contributed by atoms with Crippen LogP contribution in [0.3, 0.4) is 0 Å². The molecule has 3 rings (SSSR count). The van der Waals surface area contributed by atoms with Crippen molar-refractivity contribution in [1.29, 1.82) is 0 Å². The van der Waals surface area contributed by atoms with Gasteiger partial charge in [-0.25, -0.2) is 9.07 Å². The van der Waals surface area contributed by atoms with Gasteiger partial charge in [0, 0.05) is 24.8 Å². The predicted molar refractivity (Wildman–Crippen MR) is 75.8 cm³/mol. The van der Waals surface area contributed by atoms with E-state index in [2.05, 4.69) is 26.3 Å². The third-order valence-electron chi connectivity index (χ3n) is 3.28. The van der Waals surface area contributed by atoms with E-state index >= 15 is 0 Å². The van der Waals surface area contributed by atoms with Gasteiger partial charge in [-0.2, -0.15) is 5.10 Å². The second kappa shape index (κ2) is 5.06. The van der Waals surface area contributed by atoms with Crippen LogP contribution in [0.4, 0.5) is 4.39 Å². The van der Waals surface area contributed by atoms with Gasteiger partial charge in [0.1, 0.15) is 5.82 Å². The first-order chi connectivity index (χ1) is 9.13. The van der Waals surface area contributed by atoms with Gasteiger partial charge < -0.3 is 5.32 Å². The lowest BCUT2D eigenvalue weighted by atomic mass is 10.2. The standard InChI is InChI=1S/C14H15BrFN3/c1-9-6-12(15)13(16)7-14(9)19-5-4-11(18-19)8-17-10-2-3-10/h4-7,10,17H,2-3,8H2,1H3. The SMILES string of the molecule is Cc1cc(Br)c(F)cc1-n1ccc(CNC2CC2)n1. The molecule has 1 N–H and O–H groups in total. The van der Waals surface area contributed by atoms with Crippen LogP contribution in [0.15, 0.2) is 28.9 Å². The van der Waals surface area contributed by atoms with Crippen molar-refractivity contribution in [2.75, 3.05) is 0 Å². The minimum absolute atomic E-state index is 0.270. The van der Waals surface area contributed by atoms with Gasteiger partial charge in [0.05, 0.1) is 15.9 Å². The summed E-state index contributed by atoms with van der Waals surface area (Å²) >= 11 is 3.19. The van der Waals surface area contributed by atoms with Gasteiger partial charge in [-0.15, -0.1) is 0 Å². The van der Waals surface area contributed by atoms with E-state index in [1.807, 2.05) is 19.2 Å². The fraction of sp³-hybridized carbons (Fsp3) is 0.357. The lowest BCUT2D eigenvalue weighted by Crippen LogP contribution is -2.15. The molecule has 0 unspecified atom stereocenters. The zero-order valence-electron chi connectivity index (χ0n) is 10.7. The Morgan fingerprint density at radius 2 is 2.26 bits per heavy atom. The fourth-order valence-electron chi connectivity index (χ4n) is 2.01. The molecule has 0 bridgehead atoms. The van der Waals surface area contributed by atoms with E-state index < -0.39 is 0 Å². The summed E-state index contributed by atoms with van der Waals surface area (Å²) in [6.07, 6.45) is 4.40. The summed E-state index contributed by atoms with van der Waals surface area (Å²) in [6.45, 7) is 2.72. The maximum absolute atomic E-state index is 13.6. The molecule has 19 heavy (non-hydrogen) atoms. The quantitative estimate of drug-likeness (QED) is 0.935. The second-order valence-corrected chi connectivity index (χ2v) is 5.81. The maximum atomic E-state index is 13.6. The summed E-state index contributed by atoms with van der Waals surface area (Å²) in [5, 5.41) is 7.90. The fourth-order valence-corrected chi connectivity index (χ4v) is 2.47. The molecule has 1 aromatic heterocycles. The number of hydrogen-bond donors (Lipinski definition) is 1. The molecule has 0 radical (unpaired) electrons. The molecule has 0 aliphatic heterocycles. The first-order valence-electron chi connectivity index (χ1n) is 6.37. The number of aryl methyl sites for hydroxylation is 1. The van der Waals surface area contributed by atoms with Crippen molar-refractivity contribution in [1.82, 2.24) is 15.1 Å². The first kappa shape index (κ1) is 12.8. The van der Waals surface area contributed by atoms with Crippen molar-refractivity contribution < 1.29 is 4.39 Å². The van der Waals surface area contributed by atoms with E-state index in [-0.39, 0.29) is 5.82 Å². The number of aromatic nitrogens is 2. The van der Waals surface area contributed by atoms with Gasteiger partial charge in [0.2, 0.25) is 0 Å². The van der Waals surface area contributed by atoms with Crippen LogP contribution in [-0.2, 0) is 6.54 Å². The molecule has 1 heterocycles. The minimum atomic E-state index is -0.270. The highest BCUT2D eigenvalue weighted by molar-refractivity contribution is 9.10. The largest absolute Gasteiger partial charge is 0.308 e. The predicted octanol–water partition coefficient (Wildman–Crippen LogP) is 3.33. The van der Waals surface area contributed by atoms with E-state index in [1.54, 1.807) is 10.7 Å². The zero-order chi connectivity index (χ0) is 13.4. The average Bonchev–Trinajstić information content (AvgIpc) is 3.09. The molecule has 1 aromatic carbocycles. The highest BCUT2D eigenvalue weighted by Gasteiger charge is 2.20. The summed E-state index contributed by atoms with van der Waals surface area (Å²) in [5.41, 5.74) is 2.74. The second-order valence-electron chi connectivity index (χ2n) is 4.96. The Kier molecular flexibility index (Phi) is 3.41. The molecule has 1 fully saturated rings. The molecule has 1 aliphatic carbocycles. The highest BCUT2D eigenvalue weighted by Crippen LogP contribution is 2.23. The Balaban J connectivity index is 1.83. The number of nitrogens with one attached hydrogen (secondary N) is 1. The zero-order valence-corrected chi connectivity index (χ0v) is 12.2. The number of halogens is 2. The molecular weight excluding hydrogens is 309 g/mol. The summed E-state index contributed by atoms with van der Waals surface area (Å²) in [7, 11) is 0. The minimum Gasteiger partial charge on any atom is -0.308 e. The lowest BCUT2D eigenvalue weighted by Gasteiger charge is -2.07. The molecule has 1 aliphatic rings. The van der Waals surface area contributed by atoms with Crippen molar-refractivity contribution in [2.45, 2.75) is 32.4 Å². The van der Waals surface area contributed by atoms with Crippen LogP contribution in [0.2, 0.25) is 0 Å². The summed E-state index contributed by atoms with van der Waals surface area (Å²) in [5.74, 6) is -0.270. The third kappa shape index (κ3) is 2.87. The smallest absolute Gasteiger partial charge is 0.139 e. The Morgan fingerprint density at radius 3 is 3.00 bits per heavy atom. The number of benzene rings is 1. The van der Waals surface area contributed by atoms with Crippen molar-refractivity contribution in [2.24, 2.45) is 0 Å². The van der Waals surface area contributed by atoms with Crippen LogP contribution in [-0.4, -0.2) is 15.8 Å². The van der Waals surface area contributed by atoms with Crippen LogP contribution in [0.1, 0.15) is 24.1 Å². The Hall–Kier alpha value is -1.20. The van der Waals surface area contributed by atoms with E-state index in [9.17, 15) is 4.39 Å². The molecule has 2 aromatic rings. The van der Waals surface area contributed by atoms with Crippen molar-refractivity contribution in [3.8, 4) is 5.69 Å². The highest BCUT2D eigenvalue weighted by atomic mass is 79.9. The summed E-state index contributed by atoms with van der Waals surface area (Å²) < 4.78 is 15.8. The molecule has 0 saturated heterocycles. The van der Waals surface area contributed by atoms with Crippen LogP contribution >= 0.6 is 15.9 Å². The molecule has 0 amide bonds. The topological polar surface area (TPSA) is 29.9 Å². The van der Waals surface area contributed by atoms with Crippen LogP contribution in [0.25, 0.3) is 5.69 Å². The van der Waals surface area contributed by atoms with Gasteiger partial charge in [-0.05, 0) is 53.4 Å². The molecule has 5 heteroatoms. The summed E-state index contributed by atoms with van der Waals surface area (Å²) in [6, 6.07) is 5.91. The molecule has 0 atom stereocenters. The van der Waals surface area contributed by atoms with Gasteiger partial charge >= 0.3 is 0 Å². The number of hydrogen-bond acceptors (Lipinski definition) is 2. The van der Waals surface area contributed by atoms with Gasteiger partial charge in [0.15, 0.2) is 0 Å².